The topological polar surface area (TPSA) is 93.1 Å². The van der Waals surface area contributed by atoms with Gasteiger partial charge in [0, 0.05) is 0 Å². The molecule has 0 unspecified atom stereocenters. The number of carboxylic acid groups (broad SMARTS) is 1. The lowest BCUT2D eigenvalue weighted by Gasteiger charge is -2.46. The predicted molar refractivity (Wildman–Crippen MR) is 78.3 cm³/mol. The molecule has 0 saturated carbocycles. The summed E-state index contributed by atoms with van der Waals surface area (Å²) in [7, 11) is 0. The summed E-state index contributed by atoms with van der Waals surface area (Å²) in [5.74, 6) is -1.17. The Morgan fingerprint density at radius 1 is 1.27 bits per heavy atom. The molecule has 0 aliphatic carbocycles. The van der Waals surface area contributed by atoms with Gasteiger partial charge in [0.15, 0.2) is 5.78 Å². The summed E-state index contributed by atoms with van der Waals surface area (Å²) in [5, 5.41) is 9.61. The Kier molecular flexibility index (Phi) is 4.91. The SMILES string of the molecule is CCOC(=O)CC(=O)[C@@]1(C(C)(C)C)COC(C)(C)N1C(=O)O. The average Bonchev–Trinajstić information content (AvgIpc) is 2.61. The van der Waals surface area contributed by atoms with Gasteiger partial charge in [-0.3, -0.25) is 14.5 Å². The molecule has 1 rings (SSSR count). The Hall–Kier alpha value is -1.63. The van der Waals surface area contributed by atoms with E-state index in [-0.39, 0.29) is 13.2 Å². The van der Waals surface area contributed by atoms with E-state index in [1.165, 1.54) is 0 Å². The van der Waals surface area contributed by atoms with Crippen molar-refractivity contribution in [1.82, 2.24) is 4.90 Å². The van der Waals surface area contributed by atoms with Crippen LogP contribution in [0.3, 0.4) is 0 Å². The number of nitrogens with zero attached hydrogens (tertiary/aromatic N) is 1. The average molecular weight is 315 g/mol. The Morgan fingerprint density at radius 2 is 1.82 bits per heavy atom. The molecule has 0 bridgehead atoms. The Labute approximate surface area is 130 Å². The largest absolute Gasteiger partial charge is 0.466 e. The third-order valence-electron chi connectivity index (χ3n) is 4.06. The predicted octanol–water partition coefficient (Wildman–Crippen LogP) is 2.04. The maximum Gasteiger partial charge on any atom is 0.410 e. The smallest absolute Gasteiger partial charge is 0.410 e. The number of carbonyl (C=O) groups excluding carboxylic acids is 2. The Morgan fingerprint density at radius 3 is 2.23 bits per heavy atom. The van der Waals surface area contributed by atoms with Gasteiger partial charge >= 0.3 is 12.1 Å². The van der Waals surface area contributed by atoms with Crippen LogP contribution < -0.4 is 0 Å². The first-order chi connectivity index (χ1) is 9.90. The van der Waals surface area contributed by atoms with Gasteiger partial charge in [-0.05, 0) is 26.2 Å². The molecular formula is C15H25NO6. The number of carbonyl (C=O) groups is 3. The zero-order valence-corrected chi connectivity index (χ0v) is 14.1. The molecule has 1 aliphatic heterocycles. The molecule has 126 valence electrons. The number of rotatable bonds is 4. The highest BCUT2D eigenvalue weighted by Crippen LogP contribution is 2.46. The molecule has 1 N–H and O–H groups in total. The maximum atomic E-state index is 12.8. The zero-order valence-electron chi connectivity index (χ0n) is 14.1. The maximum absolute atomic E-state index is 12.8. The number of ketones is 1. The van der Waals surface area contributed by atoms with Crippen LogP contribution in [0, 0.1) is 5.41 Å². The van der Waals surface area contributed by atoms with E-state index >= 15 is 0 Å². The van der Waals surface area contributed by atoms with Crippen LogP contribution in [0.2, 0.25) is 0 Å². The highest BCUT2D eigenvalue weighted by atomic mass is 16.5. The van der Waals surface area contributed by atoms with Crippen LogP contribution in [0.15, 0.2) is 0 Å². The summed E-state index contributed by atoms with van der Waals surface area (Å²) >= 11 is 0. The fraction of sp³-hybridized carbons (Fsp3) is 0.800. The molecule has 0 radical (unpaired) electrons. The van der Waals surface area contributed by atoms with Crippen LogP contribution in [0.5, 0.6) is 0 Å². The van der Waals surface area contributed by atoms with Gasteiger partial charge in [-0.2, -0.15) is 0 Å². The first kappa shape index (κ1) is 18.4. The number of Topliss-reactive ketones (excluding diaryl/α,β-unsaturated/α-hetero) is 1. The van der Waals surface area contributed by atoms with Crippen LogP contribution in [-0.4, -0.2) is 52.3 Å². The lowest BCUT2D eigenvalue weighted by Crippen LogP contribution is -2.65. The second-order valence-corrected chi connectivity index (χ2v) is 6.87. The van der Waals surface area contributed by atoms with Crippen LogP contribution in [0.1, 0.15) is 48.0 Å². The summed E-state index contributed by atoms with van der Waals surface area (Å²) in [6.45, 7) is 10.2. The highest BCUT2D eigenvalue weighted by molar-refractivity contribution is 6.03. The summed E-state index contributed by atoms with van der Waals surface area (Å²) in [5.41, 5.74) is -3.33. The number of hydrogen-bond donors (Lipinski definition) is 1. The van der Waals surface area contributed by atoms with E-state index in [0.29, 0.717) is 0 Å². The molecule has 1 amide bonds. The first-order valence-electron chi connectivity index (χ1n) is 7.26. The molecule has 0 aromatic rings. The Bertz CT molecular complexity index is 479. The van der Waals surface area contributed by atoms with Gasteiger partial charge in [-0.25, -0.2) is 4.79 Å². The Balaban J connectivity index is 3.31. The van der Waals surface area contributed by atoms with E-state index in [0.717, 1.165) is 4.90 Å². The molecule has 0 aromatic heterocycles. The van der Waals surface area contributed by atoms with Crippen molar-refractivity contribution < 1.29 is 29.0 Å². The van der Waals surface area contributed by atoms with Crippen molar-refractivity contribution in [2.24, 2.45) is 5.41 Å². The van der Waals surface area contributed by atoms with E-state index in [1.54, 1.807) is 41.5 Å². The molecule has 1 saturated heterocycles. The molecule has 1 atom stereocenters. The van der Waals surface area contributed by atoms with Crippen molar-refractivity contribution in [1.29, 1.82) is 0 Å². The summed E-state index contributed by atoms with van der Waals surface area (Å²) in [6.07, 6.45) is -1.73. The molecule has 0 spiro atoms. The minimum atomic E-state index is -1.44. The molecular weight excluding hydrogens is 290 g/mol. The van der Waals surface area contributed by atoms with E-state index in [4.69, 9.17) is 9.47 Å². The third-order valence-corrected chi connectivity index (χ3v) is 4.06. The minimum absolute atomic E-state index is 0.0892. The quantitative estimate of drug-likeness (QED) is 0.630. The molecule has 1 heterocycles. The third kappa shape index (κ3) is 2.95. The van der Waals surface area contributed by atoms with Crippen LogP contribution in [0.4, 0.5) is 4.79 Å². The van der Waals surface area contributed by atoms with Crippen LogP contribution in [-0.2, 0) is 19.1 Å². The highest BCUT2D eigenvalue weighted by Gasteiger charge is 2.64. The van der Waals surface area contributed by atoms with E-state index in [9.17, 15) is 19.5 Å². The second-order valence-electron chi connectivity index (χ2n) is 6.87. The second kappa shape index (κ2) is 5.87. The van der Waals surface area contributed by atoms with E-state index < -0.39 is 40.9 Å². The van der Waals surface area contributed by atoms with Gasteiger partial charge in [-0.1, -0.05) is 20.8 Å². The molecule has 1 aliphatic rings. The van der Waals surface area contributed by atoms with Crippen LogP contribution in [0.25, 0.3) is 0 Å². The number of esters is 1. The van der Waals surface area contributed by atoms with Gasteiger partial charge in [0.1, 0.15) is 17.7 Å². The van der Waals surface area contributed by atoms with E-state index in [2.05, 4.69) is 0 Å². The molecule has 1 fully saturated rings. The molecule has 22 heavy (non-hydrogen) atoms. The lowest BCUT2D eigenvalue weighted by molar-refractivity contribution is -0.150. The van der Waals surface area contributed by atoms with E-state index in [1.807, 2.05) is 0 Å². The van der Waals surface area contributed by atoms with Gasteiger partial charge in [0.25, 0.3) is 0 Å². The monoisotopic (exact) mass is 315 g/mol. The van der Waals surface area contributed by atoms with Crippen molar-refractivity contribution in [2.45, 2.75) is 59.2 Å². The van der Waals surface area contributed by atoms with Crippen molar-refractivity contribution in [2.75, 3.05) is 13.2 Å². The summed E-state index contributed by atoms with van der Waals surface area (Å²) in [6, 6.07) is 0. The van der Waals surface area contributed by atoms with Crippen molar-refractivity contribution in [3.8, 4) is 0 Å². The van der Waals surface area contributed by atoms with Crippen molar-refractivity contribution in [3.05, 3.63) is 0 Å². The first-order valence-corrected chi connectivity index (χ1v) is 7.26. The van der Waals surface area contributed by atoms with Gasteiger partial charge < -0.3 is 14.6 Å². The minimum Gasteiger partial charge on any atom is -0.466 e. The number of amides is 1. The summed E-state index contributed by atoms with van der Waals surface area (Å²) < 4.78 is 10.4. The lowest BCUT2D eigenvalue weighted by atomic mass is 9.69. The summed E-state index contributed by atoms with van der Waals surface area (Å²) in [4.78, 5) is 37.3. The number of ether oxygens (including phenoxy) is 2. The normalized spacial score (nSPS) is 24.2. The molecule has 0 aromatic carbocycles. The fourth-order valence-electron chi connectivity index (χ4n) is 2.93. The van der Waals surface area contributed by atoms with Crippen LogP contribution >= 0.6 is 0 Å². The molecule has 7 heteroatoms. The van der Waals surface area contributed by atoms with Gasteiger partial charge in [-0.15, -0.1) is 0 Å². The molecule has 7 nitrogen and oxygen atoms in total. The van der Waals surface area contributed by atoms with Gasteiger partial charge in [0.05, 0.1) is 13.2 Å². The zero-order chi connectivity index (χ0) is 17.3. The van der Waals surface area contributed by atoms with Crippen molar-refractivity contribution >= 4 is 17.8 Å². The van der Waals surface area contributed by atoms with Crippen molar-refractivity contribution in [3.63, 3.8) is 0 Å². The van der Waals surface area contributed by atoms with Gasteiger partial charge in [0.2, 0.25) is 0 Å². The standard InChI is InChI=1S/C15H25NO6/c1-7-21-11(18)8-10(17)15(13(2,3)4)9-22-14(5,6)16(15)12(19)20/h7-9H2,1-6H3,(H,19,20)/t15-/m1/s1. The fourth-order valence-corrected chi connectivity index (χ4v) is 2.93. The number of hydrogen-bond acceptors (Lipinski definition) is 5.